The number of alkyl halides is 3. The summed E-state index contributed by atoms with van der Waals surface area (Å²) < 4.78 is 41.1. The molecule has 0 atom stereocenters. The standard InChI is InChI=1S/C27H33F3N4/c28-27(29,30)24-11-6-13-26(22-24)33-20-18-32(19-21-33)16-5-4-12-25-14-15-31-34(25)17-7-10-23-8-2-1-3-9-23/h1-3,6,8-9,11,13-15,22H,4-5,7,10,12,16-21H2. The molecule has 3 aromatic rings. The van der Waals surface area contributed by atoms with Gasteiger partial charge in [0.2, 0.25) is 0 Å². The van der Waals surface area contributed by atoms with E-state index in [0.29, 0.717) is 5.69 Å². The Morgan fingerprint density at radius 3 is 2.32 bits per heavy atom. The minimum absolute atomic E-state index is 0.577. The molecule has 1 aliphatic rings. The van der Waals surface area contributed by atoms with Crippen molar-refractivity contribution in [1.29, 1.82) is 0 Å². The third-order valence-electron chi connectivity index (χ3n) is 6.55. The van der Waals surface area contributed by atoms with Crippen molar-refractivity contribution in [2.45, 2.75) is 44.8 Å². The van der Waals surface area contributed by atoms with Crippen LogP contribution in [0, 0.1) is 0 Å². The fourth-order valence-corrected chi connectivity index (χ4v) is 4.60. The summed E-state index contributed by atoms with van der Waals surface area (Å²) in [6.45, 7) is 5.25. The predicted molar refractivity (Wildman–Crippen MR) is 130 cm³/mol. The zero-order valence-electron chi connectivity index (χ0n) is 19.6. The lowest BCUT2D eigenvalue weighted by molar-refractivity contribution is -0.137. The molecule has 7 heteroatoms. The Morgan fingerprint density at radius 1 is 0.765 bits per heavy atom. The van der Waals surface area contributed by atoms with Crippen molar-refractivity contribution in [2.75, 3.05) is 37.6 Å². The number of aromatic nitrogens is 2. The second-order valence-electron chi connectivity index (χ2n) is 8.97. The van der Waals surface area contributed by atoms with E-state index in [4.69, 9.17) is 0 Å². The van der Waals surface area contributed by atoms with Gasteiger partial charge in [0.15, 0.2) is 0 Å². The zero-order chi connectivity index (χ0) is 23.8. The second-order valence-corrected chi connectivity index (χ2v) is 8.97. The predicted octanol–water partition coefficient (Wildman–Crippen LogP) is 5.68. The van der Waals surface area contributed by atoms with Gasteiger partial charge in [-0.3, -0.25) is 9.58 Å². The normalized spacial score (nSPS) is 15.1. The fraction of sp³-hybridized carbons (Fsp3) is 0.444. The molecule has 0 unspecified atom stereocenters. The molecule has 0 N–H and O–H groups in total. The molecule has 1 aromatic heterocycles. The molecule has 4 rings (SSSR count). The summed E-state index contributed by atoms with van der Waals surface area (Å²) in [4.78, 5) is 4.47. The maximum Gasteiger partial charge on any atom is 0.416 e. The lowest BCUT2D eigenvalue weighted by Crippen LogP contribution is -2.46. The SMILES string of the molecule is FC(F)(F)c1cccc(N2CCN(CCCCc3ccnn3CCCc3ccccc3)CC2)c1. The largest absolute Gasteiger partial charge is 0.416 e. The number of benzene rings is 2. The number of hydrogen-bond acceptors (Lipinski definition) is 3. The van der Waals surface area contributed by atoms with E-state index in [1.807, 2.05) is 12.3 Å². The number of piperazine rings is 1. The van der Waals surface area contributed by atoms with Crippen LogP contribution >= 0.6 is 0 Å². The number of rotatable bonds is 10. The molecule has 2 aromatic carbocycles. The van der Waals surface area contributed by atoms with Crippen molar-refractivity contribution < 1.29 is 13.2 Å². The minimum atomic E-state index is -4.30. The Balaban J connectivity index is 1.15. The average molecular weight is 471 g/mol. The van der Waals surface area contributed by atoms with Gasteiger partial charge in [0, 0.05) is 50.3 Å². The van der Waals surface area contributed by atoms with Gasteiger partial charge in [0.25, 0.3) is 0 Å². The van der Waals surface area contributed by atoms with E-state index >= 15 is 0 Å². The molecule has 2 heterocycles. The van der Waals surface area contributed by atoms with Gasteiger partial charge in [-0.2, -0.15) is 18.3 Å². The molecule has 0 spiro atoms. The first kappa shape index (κ1) is 24.3. The van der Waals surface area contributed by atoms with Gasteiger partial charge < -0.3 is 4.90 Å². The third-order valence-corrected chi connectivity index (χ3v) is 6.55. The Hall–Kier alpha value is -2.80. The van der Waals surface area contributed by atoms with E-state index in [2.05, 4.69) is 49.9 Å². The summed E-state index contributed by atoms with van der Waals surface area (Å²) in [5.41, 5.74) is 2.74. The highest BCUT2D eigenvalue weighted by molar-refractivity contribution is 5.49. The molecule has 34 heavy (non-hydrogen) atoms. The Labute approximate surface area is 200 Å². The van der Waals surface area contributed by atoms with Crippen molar-refractivity contribution in [1.82, 2.24) is 14.7 Å². The van der Waals surface area contributed by atoms with E-state index in [1.165, 1.54) is 23.4 Å². The van der Waals surface area contributed by atoms with Crippen molar-refractivity contribution in [2.24, 2.45) is 0 Å². The summed E-state index contributed by atoms with van der Waals surface area (Å²) in [6, 6.07) is 18.3. The van der Waals surface area contributed by atoms with Gasteiger partial charge >= 0.3 is 6.18 Å². The monoisotopic (exact) mass is 470 g/mol. The molecule has 0 amide bonds. The lowest BCUT2D eigenvalue weighted by Gasteiger charge is -2.36. The van der Waals surface area contributed by atoms with Gasteiger partial charge in [0.05, 0.1) is 5.56 Å². The summed E-state index contributed by atoms with van der Waals surface area (Å²) in [6.07, 6.45) is 2.98. The van der Waals surface area contributed by atoms with E-state index in [-0.39, 0.29) is 0 Å². The molecule has 1 aliphatic heterocycles. The quantitative estimate of drug-likeness (QED) is 0.356. The zero-order valence-corrected chi connectivity index (χ0v) is 19.6. The first-order valence-electron chi connectivity index (χ1n) is 12.2. The van der Waals surface area contributed by atoms with Crippen LogP contribution in [0.2, 0.25) is 0 Å². The second kappa shape index (κ2) is 11.6. The number of hydrogen-bond donors (Lipinski definition) is 0. The summed E-state index contributed by atoms with van der Waals surface area (Å²) >= 11 is 0. The lowest BCUT2D eigenvalue weighted by atomic mass is 10.1. The van der Waals surface area contributed by atoms with Crippen molar-refractivity contribution >= 4 is 5.69 Å². The molecule has 4 nitrogen and oxygen atoms in total. The summed E-state index contributed by atoms with van der Waals surface area (Å²) in [7, 11) is 0. The van der Waals surface area contributed by atoms with Gasteiger partial charge in [0.1, 0.15) is 0 Å². The molecule has 182 valence electrons. The van der Waals surface area contributed by atoms with Crippen molar-refractivity contribution in [3.8, 4) is 0 Å². The number of nitrogens with zero attached hydrogens (tertiary/aromatic N) is 4. The third kappa shape index (κ3) is 6.86. The molecule has 0 aliphatic carbocycles. The van der Waals surface area contributed by atoms with Crippen LogP contribution in [0.3, 0.4) is 0 Å². The maximum atomic E-state index is 13.0. The molecule has 0 saturated carbocycles. The maximum absolute atomic E-state index is 13.0. The fourth-order valence-electron chi connectivity index (χ4n) is 4.60. The summed E-state index contributed by atoms with van der Waals surface area (Å²) in [5.74, 6) is 0. The van der Waals surface area contributed by atoms with Crippen LogP contribution in [0.5, 0.6) is 0 Å². The van der Waals surface area contributed by atoms with Crippen LogP contribution in [0.4, 0.5) is 18.9 Å². The smallest absolute Gasteiger partial charge is 0.369 e. The first-order chi connectivity index (χ1) is 16.5. The van der Waals surface area contributed by atoms with E-state index in [1.54, 1.807) is 6.07 Å². The van der Waals surface area contributed by atoms with Crippen molar-refractivity contribution in [3.05, 3.63) is 83.7 Å². The highest BCUT2D eigenvalue weighted by atomic mass is 19.4. The van der Waals surface area contributed by atoms with Gasteiger partial charge in [-0.05, 0) is 68.5 Å². The van der Waals surface area contributed by atoms with Crippen LogP contribution in [0.1, 0.15) is 36.1 Å². The Kier molecular flexibility index (Phi) is 8.27. The van der Waals surface area contributed by atoms with Crippen LogP contribution in [0.15, 0.2) is 66.9 Å². The van der Waals surface area contributed by atoms with E-state index < -0.39 is 11.7 Å². The highest BCUT2D eigenvalue weighted by Crippen LogP contribution is 2.31. The number of unbranched alkanes of at least 4 members (excludes halogenated alkanes) is 1. The first-order valence-corrected chi connectivity index (χ1v) is 12.2. The van der Waals surface area contributed by atoms with Gasteiger partial charge in [-0.25, -0.2) is 0 Å². The molecular weight excluding hydrogens is 437 g/mol. The Morgan fingerprint density at radius 2 is 1.56 bits per heavy atom. The summed E-state index contributed by atoms with van der Waals surface area (Å²) in [5, 5.41) is 4.50. The molecular formula is C27H33F3N4. The number of anilines is 1. The number of halogens is 3. The topological polar surface area (TPSA) is 24.3 Å². The molecule has 1 fully saturated rings. The van der Waals surface area contributed by atoms with E-state index in [9.17, 15) is 13.2 Å². The number of aryl methyl sites for hydroxylation is 3. The Bertz CT molecular complexity index is 1010. The van der Waals surface area contributed by atoms with Gasteiger partial charge in [-0.15, -0.1) is 0 Å². The van der Waals surface area contributed by atoms with Crippen LogP contribution in [-0.2, 0) is 25.6 Å². The molecule has 1 saturated heterocycles. The van der Waals surface area contributed by atoms with Crippen LogP contribution < -0.4 is 4.90 Å². The minimum Gasteiger partial charge on any atom is -0.369 e. The highest BCUT2D eigenvalue weighted by Gasteiger charge is 2.31. The van der Waals surface area contributed by atoms with Crippen LogP contribution in [-0.4, -0.2) is 47.4 Å². The van der Waals surface area contributed by atoms with Crippen LogP contribution in [0.25, 0.3) is 0 Å². The van der Waals surface area contributed by atoms with Gasteiger partial charge in [-0.1, -0.05) is 36.4 Å². The van der Waals surface area contributed by atoms with E-state index in [0.717, 1.165) is 77.4 Å². The van der Waals surface area contributed by atoms with Crippen molar-refractivity contribution in [3.63, 3.8) is 0 Å². The molecule has 0 radical (unpaired) electrons. The average Bonchev–Trinajstić information content (AvgIpc) is 3.30. The molecule has 0 bridgehead atoms.